The van der Waals surface area contributed by atoms with Gasteiger partial charge in [-0.25, -0.2) is 9.97 Å². The van der Waals surface area contributed by atoms with Crippen LogP contribution in [0.25, 0.3) is 0 Å². The van der Waals surface area contributed by atoms with E-state index in [9.17, 15) is 0 Å². The largest absolute Gasteiger partial charge is 0.383 e. The quantitative estimate of drug-likeness (QED) is 0.803. The van der Waals surface area contributed by atoms with Crippen LogP contribution < -0.4 is 5.73 Å². The van der Waals surface area contributed by atoms with Gasteiger partial charge in [0.2, 0.25) is 0 Å². The van der Waals surface area contributed by atoms with Gasteiger partial charge in [0.1, 0.15) is 16.7 Å². The fraction of sp³-hybridized carbons (Fsp3) is 0.667. The minimum Gasteiger partial charge on any atom is -0.383 e. The van der Waals surface area contributed by atoms with Crippen LogP contribution in [0.4, 0.5) is 5.82 Å². The molecule has 1 aliphatic carbocycles. The lowest BCUT2D eigenvalue weighted by Gasteiger charge is -2.21. The molecule has 0 aliphatic heterocycles. The standard InChI is InChI=1S/C12H19N3S/c1-8-11(13)14-9(2)15-12(8)16-10-6-4-3-5-7-10/h10H,3-7H2,1-2H3,(H2,13,14,15). The molecule has 3 nitrogen and oxygen atoms in total. The number of rotatable bonds is 2. The minimum absolute atomic E-state index is 0.630. The number of nitrogen functional groups attached to an aromatic ring is 1. The molecule has 0 radical (unpaired) electrons. The van der Waals surface area contributed by atoms with Gasteiger partial charge in [0.25, 0.3) is 0 Å². The predicted molar refractivity (Wildman–Crippen MR) is 68.6 cm³/mol. The average Bonchev–Trinajstić information content (AvgIpc) is 2.27. The van der Waals surface area contributed by atoms with E-state index < -0.39 is 0 Å². The lowest BCUT2D eigenvalue weighted by Crippen LogP contribution is -2.10. The zero-order valence-electron chi connectivity index (χ0n) is 9.99. The van der Waals surface area contributed by atoms with Crippen molar-refractivity contribution in [1.82, 2.24) is 9.97 Å². The second-order valence-corrected chi connectivity index (χ2v) is 5.75. The molecule has 1 fully saturated rings. The van der Waals surface area contributed by atoms with Crippen molar-refractivity contribution in [2.75, 3.05) is 5.73 Å². The molecule has 1 heterocycles. The van der Waals surface area contributed by atoms with Gasteiger partial charge in [-0.3, -0.25) is 0 Å². The number of hydrogen-bond donors (Lipinski definition) is 1. The highest BCUT2D eigenvalue weighted by Crippen LogP contribution is 2.34. The van der Waals surface area contributed by atoms with E-state index in [1.165, 1.54) is 32.1 Å². The summed E-state index contributed by atoms with van der Waals surface area (Å²) in [5.74, 6) is 1.41. The topological polar surface area (TPSA) is 51.8 Å². The molecule has 1 saturated carbocycles. The van der Waals surface area contributed by atoms with Gasteiger partial charge in [-0.05, 0) is 26.7 Å². The van der Waals surface area contributed by atoms with Crippen molar-refractivity contribution >= 4 is 17.6 Å². The number of anilines is 1. The molecule has 0 bridgehead atoms. The molecule has 1 aliphatic rings. The van der Waals surface area contributed by atoms with Crippen LogP contribution in [0.1, 0.15) is 43.5 Å². The fourth-order valence-electron chi connectivity index (χ4n) is 2.08. The molecule has 1 aromatic heterocycles. The first-order valence-corrected chi connectivity index (χ1v) is 6.82. The van der Waals surface area contributed by atoms with Gasteiger partial charge in [-0.1, -0.05) is 19.3 Å². The summed E-state index contributed by atoms with van der Waals surface area (Å²) in [6, 6.07) is 0. The van der Waals surface area contributed by atoms with E-state index in [0.29, 0.717) is 5.82 Å². The Bertz CT molecular complexity index is 373. The van der Waals surface area contributed by atoms with Crippen LogP contribution in [-0.2, 0) is 0 Å². The van der Waals surface area contributed by atoms with Crippen LogP contribution in [0, 0.1) is 13.8 Å². The van der Waals surface area contributed by atoms with Crippen molar-refractivity contribution in [3.05, 3.63) is 11.4 Å². The van der Waals surface area contributed by atoms with E-state index in [1.54, 1.807) is 0 Å². The molecule has 88 valence electrons. The third-order valence-corrected chi connectivity index (χ3v) is 4.51. The highest BCUT2D eigenvalue weighted by atomic mass is 32.2. The fourth-order valence-corrected chi connectivity index (χ4v) is 3.43. The van der Waals surface area contributed by atoms with Gasteiger partial charge in [-0.15, -0.1) is 11.8 Å². The van der Waals surface area contributed by atoms with Crippen molar-refractivity contribution in [2.24, 2.45) is 0 Å². The predicted octanol–water partition coefficient (Wildman–Crippen LogP) is 3.10. The maximum Gasteiger partial charge on any atom is 0.131 e. The van der Waals surface area contributed by atoms with Crippen LogP contribution in [0.5, 0.6) is 0 Å². The van der Waals surface area contributed by atoms with Crippen molar-refractivity contribution in [1.29, 1.82) is 0 Å². The summed E-state index contributed by atoms with van der Waals surface area (Å²) in [6.45, 7) is 3.92. The SMILES string of the molecule is Cc1nc(N)c(C)c(SC2CCCCC2)n1. The molecule has 0 spiro atoms. The smallest absolute Gasteiger partial charge is 0.131 e. The first kappa shape index (κ1) is 11.7. The molecule has 4 heteroatoms. The van der Waals surface area contributed by atoms with Gasteiger partial charge < -0.3 is 5.73 Å². The van der Waals surface area contributed by atoms with Gasteiger partial charge in [0.05, 0.1) is 0 Å². The second kappa shape index (κ2) is 5.04. The van der Waals surface area contributed by atoms with Crippen LogP contribution >= 0.6 is 11.8 Å². The number of hydrogen-bond acceptors (Lipinski definition) is 4. The first-order valence-electron chi connectivity index (χ1n) is 5.94. The second-order valence-electron chi connectivity index (χ2n) is 4.46. The Balaban J connectivity index is 2.13. The van der Waals surface area contributed by atoms with Crippen LogP contribution in [0.15, 0.2) is 5.03 Å². The normalized spacial score (nSPS) is 17.6. The van der Waals surface area contributed by atoms with E-state index in [4.69, 9.17) is 5.73 Å². The van der Waals surface area contributed by atoms with Gasteiger partial charge in [0.15, 0.2) is 0 Å². The number of thioether (sulfide) groups is 1. The third-order valence-electron chi connectivity index (χ3n) is 3.08. The summed E-state index contributed by atoms with van der Waals surface area (Å²) in [7, 11) is 0. The van der Waals surface area contributed by atoms with Crippen molar-refractivity contribution in [3.63, 3.8) is 0 Å². The molecule has 1 aromatic rings. The van der Waals surface area contributed by atoms with Gasteiger partial charge >= 0.3 is 0 Å². The average molecular weight is 237 g/mol. The summed E-state index contributed by atoms with van der Waals surface area (Å²) >= 11 is 1.89. The number of nitrogens with two attached hydrogens (primary N) is 1. The zero-order valence-corrected chi connectivity index (χ0v) is 10.8. The van der Waals surface area contributed by atoms with E-state index in [2.05, 4.69) is 9.97 Å². The van der Waals surface area contributed by atoms with Crippen molar-refractivity contribution in [3.8, 4) is 0 Å². The van der Waals surface area contributed by atoms with Crippen LogP contribution in [0.3, 0.4) is 0 Å². The molecule has 0 saturated heterocycles. The molecule has 0 amide bonds. The Morgan fingerprint density at radius 2 is 1.81 bits per heavy atom. The minimum atomic E-state index is 0.630. The van der Waals surface area contributed by atoms with E-state index >= 15 is 0 Å². The van der Waals surface area contributed by atoms with Gasteiger partial charge in [-0.2, -0.15) is 0 Å². The first-order chi connectivity index (χ1) is 7.66. The third kappa shape index (κ3) is 2.67. The number of nitrogens with zero attached hydrogens (tertiary/aromatic N) is 2. The molecule has 16 heavy (non-hydrogen) atoms. The van der Waals surface area contributed by atoms with Crippen LogP contribution in [-0.4, -0.2) is 15.2 Å². The maximum absolute atomic E-state index is 5.86. The Hall–Kier alpha value is -0.770. The summed E-state index contributed by atoms with van der Waals surface area (Å²) in [5.41, 5.74) is 6.90. The highest BCUT2D eigenvalue weighted by molar-refractivity contribution is 7.99. The number of aromatic nitrogens is 2. The van der Waals surface area contributed by atoms with Crippen molar-refractivity contribution < 1.29 is 0 Å². The lowest BCUT2D eigenvalue weighted by molar-refractivity contribution is 0.515. The molecule has 0 atom stereocenters. The molecular weight excluding hydrogens is 218 g/mol. The summed E-state index contributed by atoms with van der Waals surface area (Å²) in [5, 5.41) is 1.80. The lowest BCUT2D eigenvalue weighted by atomic mass is 10.0. The molecule has 2 rings (SSSR count). The molecule has 0 unspecified atom stereocenters. The zero-order chi connectivity index (χ0) is 11.5. The van der Waals surface area contributed by atoms with E-state index in [1.807, 2.05) is 25.6 Å². The molecule has 2 N–H and O–H groups in total. The maximum atomic E-state index is 5.86. The van der Waals surface area contributed by atoms with E-state index in [-0.39, 0.29) is 0 Å². The Morgan fingerprint density at radius 3 is 2.50 bits per heavy atom. The summed E-state index contributed by atoms with van der Waals surface area (Å²) in [4.78, 5) is 8.68. The Morgan fingerprint density at radius 1 is 1.12 bits per heavy atom. The monoisotopic (exact) mass is 237 g/mol. The van der Waals surface area contributed by atoms with Crippen LogP contribution in [0.2, 0.25) is 0 Å². The Labute approximate surface area is 101 Å². The summed E-state index contributed by atoms with van der Waals surface area (Å²) in [6.07, 6.45) is 6.73. The van der Waals surface area contributed by atoms with Gasteiger partial charge in [0, 0.05) is 10.8 Å². The van der Waals surface area contributed by atoms with Crippen molar-refractivity contribution in [2.45, 2.75) is 56.2 Å². The van der Waals surface area contributed by atoms with E-state index in [0.717, 1.165) is 21.7 Å². The number of aryl methyl sites for hydroxylation is 1. The highest BCUT2D eigenvalue weighted by Gasteiger charge is 2.17. The molecular formula is C12H19N3S. The molecule has 0 aromatic carbocycles. The summed E-state index contributed by atoms with van der Waals surface area (Å²) < 4.78 is 0. The Kier molecular flexibility index (Phi) is 3.69.